The molecule has 1 heterocycles. The summed E-state index contributed by atoms with van der Waals surface area (Å²) in [6, 6.07) is 13.0. The third-order valence-corrected chi connectivity index (χ3v) is 5.17. The van der Waals surface area contributed by atoms with E-state index in [9.17, 15) is 9.59 Å². The molecule has 23 heavy (non-hydrogen) atoms. The molecule has 0 aromatic heterocycles. The van der Waals surface area contributed by atoms with Crippen LogP contribution in [-0.2, 0) is 9.59 Å². The summed E-state index contributed by atoms with van der Waals surface area (Å²) in [5.74, 6) is -0.315. The molecule has 1 fully saturated rings. The first kappa shape index (κ1) is 15.6. The monoisotopic (exact) mass is 326 g/mol. The molecule has 0 bridgehead atoms. The lowest BCUT2D eigenvalue weighted by Gasteiger charge is -2.16. The quantitative estimate of drug-likeness (QED) is 0.694. The fourth-order valence-corrected chi connectivity index (χ4v) is 3.71. The number of aryl methyl sites for hydroxylation is 2. The highest BCUT2D eigenvalue weighted by molar-refractivity contribution is 8.00. The van der Waals surface area contributed by atoms with Crippen molar-refractivity contribution >= 4 is 35.0 Å². The van der Waals surface area contributed by atoms with Gasteiger partial charge in [0.1, 0.15) is 0 Å². The van der Waals surface area contributed by atoms with Crippen molar-refractivity contribution in [2.75, 3.05) is 10.6 Å². The van der Waals surface area contributed by atoms with Crippen LogP contribution < -0.4 is 10.6 Å². The molecule has 5 heteroatoms. The second kappa shape index (κ2) is 6.08. The summed E-state index contributed by atoms with van der Waals surface area (Å²) in [4.78, 5) is 27.2. The van der Waals surface area contributed by atoms with Gasteiger partial charge in [-0.3, -0.25) is 9.59 Å². The number of nitrogens with two attached hydrogens (primary N) is 1. The van der Waals surface area contributed by atoms with Crippen LogP contribution in [0.15, 0.2) is 47.4 Å². The second-order valence-corrected chi connectivity index (χ2v) is 7.00. The Morgan fingerprint density at radius 1 is 1.09 bits per heavy atom. The first-order valence-electron chi connectivity index (χ1n) is 7.42. The molecule has 118 valence electrons. The van der Waals surface area contributed by atoms with E-state index in [4.69, 9.17) is 5.73 Å². The smallest absolute Gasteiger partial charge is 0.247 e. The molecule has 1 aliphatic heterocycles. The van der Waals surface area contributed by atoms with Crippen molar-refractivity contribution in [1.82, 2.24) is 0 Å². The Hall–Kier alpha value is -2.27. The first-order valence-corrected chi connectivity index (χ1v) is 8.30. The number of carbonyl (C=O) groups excluding carboxylic acids is 2. The van der Waals surface area contributed by atoms with Gasteiger partial charge in [-0.1, -0.05) is 12.1 Å². The zero-order chi connectivity index (χ0) is 16.6. The molecule has 0 spiro atoms. The summed E-state index contributed by atoms with van der Waals surface area (Å²) in [7, 11) is 0. The van der Waals surface area contributed by atoms with Crippen LogP contribution in [0.2, 0.25) is 0 Å². The maximum atomic E-state index is 12.7. The van der Waals surface area contributed by atoms with E-state index in [1.54, 1.807) is 6.07 Å². The van der Waals surface area contributed by atoms with E-state index in [1.165, 1.54) is 16.7 Å². The SMILES string of the molecule is Cc1ccc(N2C(=O)C[C@@H](Sc3cccc(N)c3)C2=O)cc1C. The number of nitrogens with zero attached hydrogens (tertiary/aromatic N) is 1. The third kappa shape index (κ3) is 3.10. The standard InChI is InChI=1S/C18H18N2O2S/c1-11-6-7-14(8-12(11)2)20-17(21)10-16(18(20)22)23-15-5-3-4-13(19)9-15/h3-9,16H,10,19H2,1-2H3/t16-/m1/s1. The van der Waals surface area contributed by atoms with Crippen molar-refractivity contribution < 1.29 is 9.59 Å². The van der Waals surface area contributed by atoms with Crippen LogP contribution in [0, 0.1) is 13.8 Å². The van der Waals surface area contributed by atoms with Crippen LogP contribution in [0.3, 0.4) is 0 Å². The van der Waals surface area contributed by atoms with Gasteiger partial charge in [0.2, 0.25) is 11.8 Å². The van der Waals surface area contributed by atoms with Gasteiger partial charge in [0, 0.05) is 17.0 Å². The van der Waals surface area contributed by atoms with Crippen LogP contribution in [0.5, 0.6) is 0 Å². The Bertz CT molecular complexity index is 788. The fraction of sp³-hybridized carbons (Fsp3) is 0.222. The number of nitrogen functional groups attached to an aromatic ring is 1. The zero-order valence-electron chi connectivity index (χ0n) is 13.1. The van der Waals surface area contributed by atoms with Crippen LogP contribution >= 0.6 is 11.8 Å². The molecule has 0 saturated carbocycles. The Kier molecular flexibility index (Phi) is 4.13. The lowest BCUT2D eigenvalue weighted by Crippen LogP contribution is -2.31. The van der Waals surface area contributed by atoms with E-state index in [2.05, 4.69) is 0 Å². The van der Waals surface area contributed by atoms with Gasteiger partial charge in [0.05, 0.1) is 10.9 Å². The summed E-state index contributed by atoms with van der Waals surface area (Å²) < 4.78 is 0. The molecule has 2 N–H and O–H groups in total. The van der Waals surface area contributed by atoms with E-state index in [1.807, 2.05) is 50.2 Å². The van der Waals surface area contributed by atoms with E-state index >= 15 is 0 Å². The highest BCUT2D eigenvalue weighted by atomic mass is 32.2. The minimum absolute atomic E-state index is 0.153. The van der Waals surface area contributed by atoms with Crippen LogP contribution in [0.1, 0.15) is 17.5 Å². The molecule has 2 amide bonds. The number of benzene rings is 2. The molecule has 1 saturated heterocycles. The molecule has 2 aromatic rings. The van der Waals surface area contributed by atoms with E-state index in [0.717, 1.165) is 16.0 Å². The molecule has 1 atom stereocenters. The van der Waals surface area contributed by atoms with Crippen molar-refractivity contribution in [2.24, 2.45) is 0 Å². The van der Waals surface area contributed by atoms with Gasteiger partial charge in [-0.05, 0) is 55.3 Å². The van der Waals surface area contributed by atoms with Gasteiger partial charge in [0.25, 0.3) is 0 Å². The maximum Gasteiger partial charge on any atom is 0.247 e. The molecule has 2 aromatic carbocycles. The summed E-state index contributed by atoms with van der Waals surface area (Å²) in [5.41, 5.74) is 9.27. The number of imide groups is 1. The van der Waals surface area contributed by atoms with E-state index in [-0.39, 0.29) is 18.2 Å². The van der Waals surface area contributed by atoms with Crippen molar-refractivity contribution in [2.45, 2.75) is 30.4 Å². The number of carbonyl (C=O) groups is 2. The molecule has 0 unspecified atom stereocenters. The minimum Gasteiger partial charge on any atom is -0.399 e. The number of rotatable bonds is 3. The Labute approximate surface area is 139 Å². The van der Waals surface area contributed by atoms with Gasteiger partial charge in [0.15, 0.2) is 0 Å². The Morgan fingerprint density at radius 2 is 1.87 bits per heavy atom. The normalized spacial score (nSPS) is 17.8. The maximum absolute atomic E-state index is 12.7. The molecular weight excluding hydrogens is 308 g/mol. The summed E-state index contributed by atoms with van der Waals surface area (Å²) in [5, 5.41) is -0.397. The molecule has 0 radical (unpaired) electrons. The molecule has 1 aliphatic rings. The predicted octanol–water partition coefficient (Wildman–Crippen LogP) is 3.31. The highest BCUT2D eigenvalue weighted by Gasteiger charge is 2.40. The predicted molar refractivity (Wildman–Crippen MR) is 93.5 cm³/mol. The average Bonchev–Trinajstić information content (AvgIpc) is 2.77. The topological polar surface area (TPSA) is 63.4 Å². The molecule has 4 nitrogen and oxygen atoms in total. The summed E-state index contributed by atoms with van der Waals surface area (Å²) in [6.07, 6.45) is 0.214. The number of hydrogen-bond donors (Lipinski definition) is 1. The van der Waals surface area contributed by atoms with Crippen LogP contribution in [0.4, 0.5) is 11.4 Å². The highest BCUT2D eigenvalue weighted by Crippen LogP contribution is 2.34. The van der Waals surface area contributed by atoms with Gasteiger partial charge in [-0.15, -0.1) is 11.8 Å². The third-order valence-electron chi connectivity index (χ3n) is 3.99. The summed E-state index contributed by atoms with van der Waals surface area (Å²) >= 11 is 1.39. The Balaban J connectivity index is 1.83. The van der Waals surface area contributed by atoms with E-state index < -0.39 is 5.25 Å². The van der Waals surface area contributed by atoms with Crippen LogP contribution in [0.25, 0.3) is 0 Å². The lowest BCUT2D eigenvalue weighted by atomic mass is 10.1. The van der Waals surface area contributed by atoms with Gasteiger partial charge in [-0.25, -0.2) is 4.90 Å². The lowest BCUT2D eigenvalue weighted by molar-refractivity contribution is -0.121. The molecule has 0 aliphatic carbocycles. The minimum atomic E-state index is -0.397. The number of anilines is 2. The number of hydrogen-bond acceptors (Lipinski definition) is 4. The molecular formula is C18H18N2O2S. The molecule has 3 rings (SSSR count). The van der Waals surface area contributed by atoms with Crippen molar-refractivity contribution in [3.63, 3.8) is 0 Å². The Morgan fingerprint density at radius 3 is 2.57 bits per heavy atom. The van der Waals surface area contributed by atoms with Crippen LogP contribution in [-0.4, -0.2) is 17.1 Å². The fourth-order valence-electron chi connectivity index (χ4n) is 2.58. The van der Waals surface area contributed by atoms with Crippen molar-refractivity contribution in [1.29, 1.82) is 0 Å². The average molecular weight is 326 g/mol. The second-order valence-electron chi connectivity index (χ2n) is 5.72. The van der Waals surface area contributed by atoms with Crippen molar-refractivity contribution in [3.05, 3.63) is 53.6 Å². The zero-order valence-corrected chi connectivity index (χ0v) is 13.9. The van der Waals surface area contributed by atoms with E-state index in [0.29, 0.717) is 11.4 Å². The van der Waals surface area contributed by atoms with Gasteiger partial charge in [-0.2, -0.15) is 0 Å². The largest absolute Gasteiger partial charge is 0.399 e. The summed E-state index contributed by atoms with van der Waals surface area (Å²) in [6.45, 7) is 3.98. The number of amides is 2. The van der Waals surface area contributed by atoms with Gasteiger partial charge >= 0.3 is 0 Å². The van der Waals surface area contributed by atoms with Gasteiger partial charge < -0.3 is 5.73 Å². The van der Waals surface area contributed by atoms with Crippen molar-refractivity contribution in [3.8, 4) is 0 Å². The first-order chi connectivity index (χ1) is 11.0. The number of thioether (sulfide) groups is 1.